The van der Waals surface area contributed by atoms with Gasteiger partial charge in [-0.05, 0) is 19.9 Å². The number of carbonyl (C=O) groups is 3. The van der Waals surface area contributed by atoms with Crippen LogP contribution >= 0.6 is 0 Å². The SMILES string of the molecule is Cc1cc(C)n(CC(=O)NC(CC(N)=O)C(=O)O)n1. The maximum atomic E-state index is 11.7. The van der Waals surface area contributed by atoms with E-state index in [9.17, 15) is 14.4 Å². The van der Waals surface area contributed by atoms with E-state index in [2.05, 4.69) is 10.4 Å². The number of hydrogen-bond donors (Lipinski definition) is 3. The fourth-order valence-corrected chi connectivity index (χ4v) is 1.61. The Bertz CT molecular complexity index is 509. The van der Waals surface area contributed by atoms with Crippen LogP contribution in [0.2, 0.25) is 0 Å². The monoisotopic (exact) mass is 268 g/mol. The van der Waals surface area contributed by atoms with Crippen molar-refractivity contribution in [1.82, 2.24) is 15.1 Å². The minimum Gasteiger partial charge on any atom is -0.480 e. The summed E-state index contributed by atoms with van der Waals surface area (Å²) in [4.78, 5) is 33.2. The van der Waals surface area contributed by atoms with Crippen molar-refractivity contribution in [3.05, 3.63) is 17.5 Å². The molecule has 0 saturated carbocycles. The maximum absolute atomic E-state index is 11.7. The molecule has 4 N–H and O–H groups in total. The highest BCUT2D eigenvalue weighted by molar-refractivity contribution is 5.88. The van der Waals surface area contributed by atoms with Gasteiger partial charge < -0.3 is 16.2 Å². The number of carbonyl (C=O) groups excluding carboxylic acids is 2. The second-order valence-corrected chi connectivity index (χ2v) is 4.21. The molecule has 1 aromatic heterocycles. The van der Waals surface area contributed by atoms with Crippen molar-refractivity contribution in [3.63, 3.8) is 0 Å². The molecule has 1 atom stereocenters. The quantitative estimate of drug-likeness (QED) is 0.606. The molecule has 2 amide bonds. The van der Waals surface area contributed by atoms with Gasteiger partial charge in [-0.15, -0.1) is 0 Å². The van der Waals surface area contributed by atoms with E-state index in [0.29, 0.717) is 0 Å². The largest absolute Gasteiger partial charge is 0.480 e. The molecule has 19 heavy (non-hydrogen) atoms. The average molecular weight is 268 g/mol. The van der Waals surface area contributed by atoms with Gasteiger partial charge in [0.05, 0.1) is 12.1 Å². The van der Waals surface area contributed by atoms with Gasteiger partial charge in [0.2, 0.25) is 11.8 Å². The van der Waals surface area contributed by atoms with Crippen molar-refractivity contribution in [1.29, 1.82) is 0 Å². The number of carboxylic acid groups (broad SMARTS) is 1. The van der Waals surface area contributed by atoms with Crippen LogP contribution in [0.5, 0.6) is 0 Å². The zero-order valence-corrected chi connectivity index (χ0v) is 10.7. The molecule has 0 spiro atoms. The van der Waals surface area contributed by atoms with Crippen molar-refractivity contribution >= 4 is 17.8 Å². The summed E-state index contributed by atoms with van der Waals surface area (Å²) in [5, 5.41) is 15.2. The third-order valence-electron chi connectivity index (χ3n) is 2.44. The molecule has 0 aliphatic rings. The van der Waals surface area contributed by atoms with E-state index in [4.69, 9.17) is 10.8 Å². The van der Waals surface area contributed by atoms with Gasteiger partial charge in [-0.1, -0.05) is 0 Å². The van der Waals surface area contributed by atoms with Crippen molar-refractivity contribution in [2.24, 2.45) is 5.73 Å². The first-order valence-electron chi connectivity index (χ1n) is 5.61. The summed E-state index contributed by atoms with van der Waals surface area (Å²) >= 11 is 0. The van der Waals surface area contributed by atoms with Crippen LogP contribution in [0.25, 0.3) is 0 Å². The molecule has 8 nitrogen and oxygen atoms in total. The van der Waals surface area contributed by atoms with Crippen LogP contribution in [-0.4, -0.2) is 38.7 Å². The van der Waals surface area contributed by atoms with Crippen LogP contribution in [0.3, 0.4) is 0 Å². The Kier molecular flexibility index (Phi) is 4.62. The second kappa shape index (κ2) is 5.98. The van der Waals surface area contributed by atoms with Gasteiger partial charge in [-0.2, -0.15) is 5.10 Å². The number of hydrogen-bond acceptors (Lipinski definition) is 4. The number of primary amides is 1. The lowest BCUT2D eigenvalue weighted by molar-refractivity contribution is -0.143. The molecule has 0 fully saturated rings. The van der Waals surface area contributed by atoms with Gasteiger partial charge in [0.15, 0.2) is 0 Å². The van der Waals surface area contributed by atoms with Crippen molar-refractivity contribution in [2.75, 3.05) is 0 Å². The Morgan fingerprint density at radius 3 is 2.53 bits per heavy atom. The Balaban J connectivity index is 2.65. The van der Waals surface area contributed by atoms with Gasteiger partial charge >= 0.3 is 5.97 Å². The summed E-state index contributed by atoms with van der Waals surface area (Å²) in [6, 6.07) is 0.479. The minimum absolute atomic E-state index is 0.109. The van der Waals surface area contributed by atoms with E-state index in [1.807, 2.05) is 0 Å². The first-order valence-corrected chi connectivity index (χ1v) is 5.61. The standard InChI is InChI=1S/C11H16N4O4/c1-6-3-7(2)15(14-6)5-10(17)13-8(11(18)19)4-9(12)16/h3,8H,4-5H2,1-2H3,(H2,12,16)(H,13,17)(H,18,19). The van der Waals surface area contributed by atoms with Gasteiger partial charge in [-0.3, -0.25) is 14.3 Å². The molecular weight excluding hydrogens is 252 g/mol. The number of nitrogens with zero attached hydrogens (tertiary/aromatic N) is 2. The van der Waals surface area contributed by atoms with Gasteiger partial charge in [0.25, 0.3) is 0 Å². The van der Waals surface area contributed by atoms with E-state index >= 15 is 0 Å². The van der Waals surface area contributed by atoms with Crippen molar-refractivity contribution in [2.45, 2.75) is 32.9 Å². The normalized spacial score (nSPS) is 11.9. The number of nitrogens with two attached hydrogens (primary N) is 1. The molecule has 104 valence electrons. The molecule has 0 saturated heterocycles. The molecule has 1 aromatic rings. The number of aryl methyl sites for hydroxylation is 2. The Morgan fingerprint density at radius 2 is 2.11 bits per heavy atom. The Hall–Kier alpha value is -2.38. The molecule has 1 unspecified atom stereocenters. The average Bonchev–Trinajstić information content (AvgIpc) is 2.55. The predicted octanol–water partition coefficient (Wildman–Crippen LogP) is -1.06. The number of carboxylic acids is 1. The molecule has 0 aromatic carbocycles. The zero-order chi connectivity index (χ0) is 14.6. The van der Waals surface area contributed by atoms with Gasteiger partial charge in [0.1, 0.15) is 12.6 Å². The topological polar surface area (TPSA) is 127 Å². The molecule has 1 rings (SSSR count). The molecule has 0 radical (unpaired) electrons. The summed E-state index contributed by atoms with van der Waals surface area (Å²) in [6.45, 7) is 3.46. The summed E-state index contributed by atoms with van der Waals surface area (Å²) in [5.41, 5.74) is 6.46. The predicted molar refractivity (Wildman–Crippen MR) is 65.1 cm³/mol. The van der Waals surface area contributed by atoms with Crippen LogP contribution < -0.4 is 11.1 Å². The van der Waals surface area contributed by atoms with Crippen LogP contribution in [0, 0.1) is 13.8 Å². The van der Waals surface area contributed by atoms with E-state index < -0.39 is 30.2 Å². The summed E-state index contributed by atoms with van der Waals surface area (Å²) in [5.74, 6) is -2.64. The number of aliphatic carboxylic acids is 1. The van der Waals surface area contributed by atoms with Crippen LogP contribution in [0.4, 0.5) is 0 Å². The summed E-state index contributed by atoms with van der Waals surface area (Å²) in [7, 11) is 0. The lowest BCUT2D eigenvalue weighted by atomic mass is 10.2. The fraction of sp³-hybridized carbons (Fsp3) is 0.455. The van der Waals surface area contributed by atoms with Crippen molar-refractivity contribution < 1.29 is 19.5 Å². The Morgan fingerprint density at radius 1 is 1.47 bits per heavy atom. The highest BCUT2D eigenvalue weighted by Crippen LogP contribution is 2.01. The van der Waals surface area contributed by atoms with Crippen LogP contribution in [0.1, 0.15) is 17.8 Å². The number of nitrogens with one attached hydrogen (secondary N) is 1. The zero-order valence-electron chi connectivity index (χ0n) is 10.7. The number of aromatic nitrogens is 2. The second-order valence-electron chi connectivity index (χ2n) is 4.21. The number of amides is 2. The first kappa shape index (κ1) is 14.7. The smallest absolute Gasteiger partial charge is 0.326 e. The number of rotatable bonds is 6. The molecule has 0 aliphatic heterocycles. The molecule has 0 bridgehead atoms. The van der Waals surface area contributed by atoms with E-state index in [1.165, 1.54) is 4.68 Å². The van der Waals surface area contributed by atoms with E-state index in [-0.39, 0.29) is 6.54 Å². The lowest BCUT2D eigenvalue weighted by Gasteiger charge is -2.13. The minimum atomic E-state index is -1.32. The Labute approximate surface area is 109 Å². The molecular formula is C11H16N4O4. The third kappa shape index (κ3) is 4.41. The molecule has 8 heteroatoms. The van der Waals surface area contributed by atoms with Gasteiger partial charge in [-0.25, -0.2) is 4.79 Å². The van der Waals surface area contributed by atoms with Crippen molar-refractivity contribution in [3.8, 4) is 0 Å². The highest BCUT2D eigenvalue weighted by atomic mass is 16.4. The van der Waals surface area contributed by atoms with Crippen LogP contribution in [0.15, 0.2) is 6.07 Å². The first-order chi connectivity index (χ1) is 8.79. The molecule has 1 heterocycles. The van der Waals surface area contributed by atoms with E-state index in [1.54, 1.807) is 19.9 Å². The van der Waals surface area contributed by atoms with E-state index in [0.717, 1.165) is 11.4 Å². The fourth-order valence-electron chi connectivity index (χ4n) is 1.61. The lowest BCUT2D eigenvalue weighted by Crippen LogP contribution is -2.44. The molecule has 0 aliphatic carbocycles. The van der Waals surface area contributed by atoms with Gasteiger partial charge in [0, 0.05) is 5.69 Å². The van der Waals surface area contributed by atoms with Crippen LogP contribution in [-0.2, 0) is 20.9 Å². The maximum Gasteiger partial charge on any atom is 0.326 e. The summed E-state index contributed by atoms with van der Waals surface area (Å²) < 4.78 is 1.45. The summed E-state index contributed by atoms with van der Waals surface area (Å²) in [6.07, 6.45) is -0.446. The highest BCUT2D eigenvalue weighted by Gasteiger charge is 2.22. The third-order valence-corrected chi connectivity index (χ3v) is 2.44.